The summed E-state index contributed by atoms with van der Waals surface area (Å²) in [6, 6.07) is 20.5. The van der Waals surface area contributed by atoms with E-state index in [2.05, 4.69) is 6.07 Å². The fraction of sp³-hybridized carbons (Fsp3) is 0. The standard InChI is InChI=1S/C22H12Cl3NO2/c23-18-7-4-15(5-8-18)17(13-26)10-14-2-1-3-19(11-14)28-22(27)16-6-9-20(24)21(25)12-16/h1-12H/b17-10-. The summed E-state index contributed by atoms with van der Waals surface area (Å²) in [4.78, 5) is 12.3. The molecule has 0 saturated carbocycles. The van der Waals surface area contributed by atoms with Crippen LogP contribution in [0.4, 0.5) is 0 Å². The summed E-state index contributed by atoms with van der Waals surface area (Å²) in [5.41, 5.74) is 2.20. The Morgan fingerprint density at radius 3 is 2.29 bits per heavy atom. The molecule has 0 bridgehead atoms. The summed E-state index contributed by atoms with van der Waals surface area (Å²) < 4.78 is 5.40. The molecule has 0 unspecified atom stereocenters. The van der Waals surface area contributed by atoms with E-state index in [0.717, 1.165) is 5.56 Å². The number of benzene rings is 3. The highest BCUT2D eigenvalue weighted by atomic mass is 35.5. The van der Waals surface area contributed by atoms with Gasteiger partial charge in [-0.05, 0) is 59.7 Å². The molecule has 6 heteroatoms. The Morgan fingerprint density at radius 2 is 1.61 bits per heavy atom. The molecule has 3 aromatic carbocycles. The zero-order chi connectivity index (χ0) is 20.1. The highest BCUT2D eigenvalue weighted by Gasteiger charge is 2.11. The summed E-state index contributed by atoms with van der Waals surface area (Å²) in [5, 5.41) is 10.7. The molecule has 3 aromatic rings. The molecule has 0 aliphatic heterocycles. The number of carbonyl (C=O) groups is 1. The van der Waals surface area contributed by atoms with Gasteiger partial charge in [0.1, 0.15) is 5.75 Å². The van der Waals surface area contributed by atoms with E-state index in [4.69, 9.17) is 39.5 Å². The molecule has 0 heterocycles. The molecule has 0 N–H and O–H groups in total. The first-order valence-electron chi connectivity index (χ1n) is 8.11. The van der Waals surface area contributed by atoms with Crippen molar-refractivity contribution < 1.29 is 9.53 Å². The quantitative estimate of drug-likeness (QED) is 0.196. The summed E-state index contributed by atoms with van der Waals surface area (Å²) in [6.07, 6.45) is 1.71. The average molecular weight is 429 g/mol. The van der Waals surface area contributed by atoms with Crippen LogP contribution in [-0.2, 0) is 0 Å². The van der Waals surface area contributed by atoms with E-state index in [1.54, 1.807) is 48.5 Å². The number of nitrogens with zero attached hydrogens (tertiary/aromatic N) is 1. The van der Waals surface area contributed by atoms with E-state index in [1.807, 2.05) is 6.07 Å². The van der Waals surface area contributed by atoms with Crippen molar-refractivity contribution in [2.45, 2.75) is 0 Å². The van der Waals surface area contributed by atoms with Crippen LogP contribution in [0.15, 0.2) is 66.7 Å². The van der Waals surface area contributed by atoms with Crippen LogP contribution in [0.1, 0.15) is 21.5 Å². The Hall–Kier alpha value is -2.77. The summed E-state index contributed by atoms with van der Waals surface area (Å²) >= 11 is 17.7. The zero-order valence-corrected chi connectivity index (χ0v) is 16.6. The van der Waals surface area contributed by atoms with Crippen LogP contribution in [0.25, 0.3) is 11.6 Å². The summed E-state index contributed by atoms with van der Waals surface area (Å²) in [7, 11) is 0. The topological polar surface area (TPSA) is 50.1 Å². The van der Waals surface area contributed by atoms with Crippen molar-refractivity contribution in [3.8, 4) is 11.8 Å². The van der Waals surface area contributed by atoms with Gasteiger partial charge in [-0.25, -0.2) is 4.79 Å². The second-order valence-electron chi connectivity index (χ2n) is 5.77. The van der Waals surface area contributed by atoms with Crippen molar-refractivity contribution in [2.24, 2.45) is 0 Å². The van der Waals surface area contributed by atoms with Gasteiger partial charge in [-0.15, -0.1) is 0 Å². The van der Waals surface area contributed by atoms with Crippen molar-refractivity contribution in [1.29, 1.82) is 5.26 Å². The number of ether oxygens (including phenoxy) is 1. The molecular formula is C22H12Cl3NO2. The van der Waals surface area contributed by atoms with E-state index >= 15 is 0 Å². The first-order valence-corrected chi connectivity index (χ1v) is 9.24. The lowest BCUT2D eigenvalue weighted by atomic mass is 10.0. The van der Waals surface area contributed by atoms with E-state index in [9.17, 15) is 10.1 Å². The minimum Gasteiger partial charge on any atom is -0.423 e. The normalized spacial score (nSPS) is 11.0. The Labute approximate surface area is 177 Å². The van der Waals surface area contributed by atoms with Crippen molar-refractivity contribution in [2.75, 3.05) is 0 Å². The van der Waals surface area contributed by atoms with Crippen molar-refractivity contribution in [3.05, 3.63) is 98.5 Å². The second-order valence-corrected chi connectivity index (χ2v) is 7.02. The fourth-order valence-corrected chi connectivity index (χ4v) is 2.86. The van der Waals surface area contributed by atoms with E-state index in [-0.39, 0.29) is 10.6 Å². The average Bonchev–Trinajstić information content (AvgIpc) is 2.69. The van der Waals surface area contributed by atoms with Gasteiger partial charge in [-0.3, -0.25) is 0 Å². The number of esters is 1. The smallest absolute Gasteiger partial charge is 0.343 e. The largest absolute Gasteiger partial charge is 0.423 e. The third-order valence-corrected chi connectivity index (χ3v) is 4.80. The summed E-state index contributed by atoms with van der Waals surface area (Å²) in [6.45, 7) is 0. The number of nitriles is 1. The maximum atomic E-state index is 12.3. The van der Waals surface area contributed by atoms with Crippen LogP contribution in [0.5, 0.6) is 5.75 Å². The molecular weight excluding hydrogens is 417 g/mol. The molecule has 0 aromatic heterocycles. The Balaban J connectivity index is 1.83. The minimum atomic E-state index is -0.557. The molecule has 3 rings (SSSR count). The van der Waals surface area contributed by atoms with Gasteiger partial charge in [-0.2, -0.15) is 5.26 Å². The van der Waals surface area contributed by atoms with Crippen molar-refractivity contribution in [1.82, 2.24) is 0 Å². The second kappa shape index (κ2) is 8.95. The predicted molar refractivity (Wildman–Crippen MR) is 113 cm³/mol. The van der Waals surface area contributed by atoms with Gasteiger partial charge in [-0.1, -0.05) is 59.1 Å². The van der Waals surface area contributed by atoms with Gasteiger partial charge >= 0.3 is 5.97 Å². The fourth-order valence-electron chi connectivity index (χ4n) is 2.43. The minimum absolute atomic E-state index is 0.273. The molecule has 0 aliphatic rings. The maximum absolute atomic E-state index is 12.3. The van der Waals surface area contributed by atoms with Gasteiger partial charge < -0.3 is 4.74 Å². The molecule has 0 spiro atoms. The number of allylic oxidation sites excluding steroid dienone is 1. The van der Waals surface area contributed by atoms with Crippen LogP contribution < -0.4 is 4.74 Å². The molecule has 28 heavy (non-hydrogen) atoms. The Kier molecular flexibility index (Phi) is 6.38. The molecule has 0 amide bonds. The molecule has 0 fully saturated rings. The molecule has 0 saturated heterocycles. The monoisotopic (exact) mass is 427 g/mol. The van der Waals surface area contributed by atoms with Gasteiger partial charge in [0.15, 0.2) is 0 Å². The number of hydrogen-bond donors (Lipinski definition) is 0. The molecule has 0 aliphatic carbocycles. The van der Waals surface area contributed by atoms with E-state index in [0.29, 0.717) is 26.9 Å². The Morgan fingerprint density at radius 1 is 0.893 bits per heavy atom. The molecule has 0 atom stereocenters. The van der Waals surface area contributed by atoms with Crippen LogP contribution in [-0.4, -0.2) is 5.97 Å². The van der Waals surface area contributed by atoms with Crippen molar-refractivity contribution in [3.63, 3.8) is 0 Å². The maximum Gasteiger partial charge on any atom is 0.343 e. The third-order valence-electron chi connectivity index (χ3n) is 3.81. The SMILES string of the molecule is N#C/C(=C/c1cccc(OC(=O)c2ccc(Cl)c(Cl)c2)c1)c1ccc(Cl)cc1. The van der Waals surface area contributed by atoms with Gasteiger partial charge in [0.05, 0.1) is 27.3 Å². The molecule has 138 valence electrons. The Bertz CT molecular complexity index is 1100. The van der Waals surface area contributed by atoms with E-state index < -0.39 is 5.97 Å². The number of carbonyl (C=O) groups excluding carboxylic acids is 1. The first-order chi connectivity index (χ1) is 13.5. The number of halogens is 3. The lowest BCUT2D eigenvalue weighted by molar-refractivity contribution is 0.0735. The number of hydrogen-bond acceptors (Lipinski definition) is 3. The first kappa shape index (κ1) is 20.0. The third kappa shape index (κ3) is 4.94. The molecule has 0 radical (unpaired) electrons. The van der Waals surface area contributed by atoms with Gasteiger partial charge in [0, 0.05) is 5.02 Å². The van der Waals surface area contributed by atoms with Crippen molar-refractivity contribution >= 4 is 52.4 Å². The lowest BCUT2D eigenvalue weighted by Gasteiger charge is -2.06. The predicted octanol–water partition coefficient (Wildman–Crippen LogP) is 6.93. The number of rotatable bonds is 4. The summed E-state index contributed by atoms with van der Waals surface area (Å²) in [5.74, 6) is -0.212. The van der Waals surface area contributed by atoms with Gasteiger partial charge in [0.25, 0.3) is 0 Å². The van der Waals surface area contributed by atoms with Crippen LogP contribution in [0.2, 0.25) is 15.1 Å². The van der Waals surface area contributed by atoms with Crippen LogP contribution >= 0.6 is 34.8 Å². The van der Waals surface area contributed by atoms with Crippen LogP contribution in [0.3, 0.4) is 0 Å². The van der Waals surface area contributed by atoms with E-state index in [1.165, 1.54) is 18.2 Å². The molecule has 3 nitrogen and oxygen atoms in total. The van der Waals surface area contributed by atoms with Gasteiger partial charge in [0.2, 0.25) is 0 Å². The zero-order valence-electron chi connectivity index (χ0n) is 14.3. The lowest BCUT2D eigenvalue weighted by Crippen LogP contribution is -2.08. The highest BCUT2D eigenvalue weighted by Crippen LogP contribution is 2.25. The highest BCUT2D eigenvalue weighted by molar-refractivity contribution is 6.42. The van der Waals surface area contributed by atoms with Crippen LogP contribution in [0, 0.1) is 11.3 Å².